The van der Waals surface area contributed by atoms with Crippen molar-refractivity contribution >= 4 is 29.2 Å². The van der Waals surface area contributed by atoms with Crippen molar-refractivity contribution < 1.29 is 27.5 Å². The van der Waals surface area contributed by atoms with E-state index in [0.29, 0.717) is 17.5 Å². The zero-order valence-corrected chi connectivity index (χ0v) is 15.1. The van der Waals surface area contributed by atoms with Crippen LogP contribution in [0.3, 0.4) is 0 Å². The maximum absolute atomic E-state index is 12.6. The fourth-order valence-electron chi connectivity index (χ4n) is 2.06. The van der Waals surface area contributed by atoms with Gasteiger partial charge in [-0.25, -0.2) is 4.98 Å². The molecular formula is C17H16ClF3N4O3. The highest BCUT2D eigenvalue weighted by Gasteiger charge is 2.31. The minimum absolute atomic E-state index is 0.0748. The molecule has 0 atom stereocenters. The van der Waals surface area contributed by atoms with Crippen LogP contribution in [0.15, 0.2) is 36.5 Å². The van der Waals surface area contributed by atoms with E-state index in [1.165, 1.54) is 6.07 Å². The summed E-state index contributed by atoms with van der Waals surface area (Å²) in [5.41, 5.74) is 4.34. The van der Waals surface area contributed by atoms with E-state index in [1.54, 1.807) is 18.2 Å². The van der Waals surface area contributed by atoms with Crippen LogP contribution in [0, 0.1) is 0 Å². The highest BCUT2D eigenvalue weighted by molar-refractivity contribution is 6.32. The number of benzene rings is 1. The summed E-state index contributed by atoms with van der Waals surface area (Å²) in [4.78, 5) is 26.5. The first-order valence-corrected chi connectivity index (χ1v) is 8.30. The van der Waals surface area contributed by atoms with E-state index in [1.807, 2.05) is 0 Å². The minimum atomic E-state index is -4.53. The molecule has 2 aromatic rings. The number of primary amides is 1. The summed E-state index contributed by atoms with van der Waals surface area (Å²) in [6.07, 6.45) is -3.86. The van der Waals surface area contributed by atoms with Crippen molar-refractivity contribution in [3.8, 4) is 5.75 Å². The number of halogens is 4. The Labute approximate surface area is 163 Å². The largest absolute Gasteiger partial charge is 0.484 e. The van der Waals surface area contributed by atoms with E-state index >= 15 is 0 Å². The lowest BCUT2D eigenvalue weighted by molar-refractivity contribution is -0.137. The van der Waals surface area contributed by atoms with E-state index in [2.05, 4.69) is 15.6 Å². The third-order valence-electron chi connectivity index (χ3n) is 3.35. The number of amides is 2. The molecule has 0 aliphatic heterocycles. The first-order valence-electron chi connectivity index (χ1n) is 7.93. The van der Waals surface area contributed by atoms with Gasteiger partial charge in [-0.15, -0.1) is 0 Å². The number of carbonyl (C=O) groups is 2. The van der Waals surface area contributed by atoms with Gasteiger partial charge in [0.25, 0.3) is 11.8 Å². The Hall–Kier alpha value is -3.01. The molecule has 0 unspecified atom stereocenters. The standard InChI is InChI=1S/C17H16ClF3N4O3/c18-13-7-11(17(19,20)21)8-25-15(13)23-4-5-24-16(27)10-2-1-3-12(6-10)28-9-14(22)26/h1-3,6-8H,4-5,9H2,(H2,22,26)(H,23,25)(H,24,27). The van der Waals surface area contributed by atoms with Crippen LogP contribution in [0.4, 0.5) is 19.0 Å². The van der Waals surface area contributed by atoms with Gasteiger partial charge in [-0.1, -0.05) is 17.7 Å². The topological polar surface area (TPSA) is 106 Å². The summed E-state index contributed by atoms with van der Waals surface area (Å²) in [5, 5.41) is 5.18. The Morgan fingerprint density at radius 3 is 2.61 bits per heavy atom. The molecule has 11 heteroatoms. The number of ether oxygens (including phenoxy) is 1. The average molecular weight is 417 g/mol. The van der Waals surface area contributed by atoms with Crippen LogP contribution in [0.1, 0.15) is 15.9 Å². The summed E-state index contributed by atoms with van der Waals surface area (Å²) in [6, 6.07) is 6.91. The lowest BCUT2D eigenvalue weighted by Gasteiger charge is -2.11. The van der Waals surface area contributed by atoms with Crippen molar-refractivity contribution in [3.63, 3.8) is 0 Å². The number of carbonyl (C=O) groups excluding carboxylic acids is 2. The molecule has 0 bridgehead atoms. The summed E-state index contributed by atoms with van der Waals surface area (Å²) in [5.74, 6) is -0.662. The van der Waals surface area contributed by atoms with E-state index in [0.717, 1.165) is 6.07 Å². The van der Waals surface area contributed by atoms with Gasteiger partial charge in [0.2, 0.25) is 0 Å². The van der Waals surface area contributed by atoms with E-state index in [-0.39, 0.29) is 30.5 Å². The quantitative estimate of drug-likeness (QED) is 0.573. The smallest absolute Gasteiger partial charge is 0.417 e. The molecule has 0 aliphatic carbocycles. The van der Waals surface area contributed by atoms with Gasteiger partial charge < -0.3 is 21.1 Å². The zero-order chi connectivity index (χ0) is 20.7. The number of hydrogen-bond donors (Lipinski definition) is 3. The Morgan fingerprint density at radius 2 is 1.96 bits per heavy atom. The molecule has 0 saturated carbocycles. The van der Waals surface area contributed by atoms with Crippen LogP contribution in [0.5, 0.6) is 5.75 Å². The number of hydrogen-bond acceptors (Lipinski definition) is 5. The van der Waals surface area contributed by atoms with Gasteiger partial charge in [-0.2, -0.15) is 13.2 Å². The second-order valence-electron chi connectivity index (χ2n) is 5.52. The van der Waals surface area contributed by atoms with Gasteiger partial charge in [0, 0.05) is 24.8 Å². The third kappa shape index (κ3) is 6.31. The molecule has 0 aliphatic rings. The predicted octanol–water partition coefficient (Wildman–Crippen LogP) is 2.46. The summed E-state index contributed by atoms with van der Waals surface area (Å²) < 4.78 is 42.8. The summed E-state index contributed by atoms with van der Waals surface area (Å²) in [7, 11) is 0. The molecule has 2 rings (SSSR count). The van der Waals surface area contributed by atoms with Crippen LogP contribution >= 0.6 is 11.6 Å². The highest BCUT2D eigenvalue weighted by Crippen LogP contribution is 2.32. The van der Waals surface area contributed by atoms with E-state index < -0.39 is 23.6 Å². The van der Waals surface area contributed by atoms with E-state index in [4.69, 9.17) is 22.1 Å². The Bertz CT molecular complexity index is 862. The van der Waals surface area contributed by atoms with Gasteiger partial charge in [0.1, 0.15) is 11.6 Å². The summed E-state index contributed by atoms with van der Waals surface area (Å²) in [6.45, 7) is 0.0296. The lowest BCUT2D eigenvalue weighted by atomic mass is 10.2. The van der Waals surface area contributed by atoms with Crippen LogP contribution in [-0.4, -0.2) is 36.5 Å². The fourth-order valence-corrected chi connectivity index (χ4v) is 2.30. The maximum atomic E-state index is 12.6. The van der Waals surface area contributed by atoms with Crippen molar-refractivity contribution in [2.75, 3.05) is 25.0 Å². The average Bonchev–Trinajstić information content (AvgIpc) is 2.63. The minimum Gasteiger partial charge on any atom is -0.484 e. The molecule has 28 heavy (non-hydrogen) atoms. The Morgan fingerprint density at radius 1 is 1.21 bits per heavy atom. The van der Waals surface area contributed by atoms with Crippen LogP contribution in [0.2, 0.25) is 5.02 Å². The Balaban J connectivity index is 1.84. The van der Waals surface area contributed by atoms with Gasteiger partial charge >= 0.3 is 6.18 Å². The molecule has 1 aromatic carbocycles. The second-order valence-corrected chi connectivity index (χ2v) is 5.92. The van der Waals surface area contributed by atoms with Gasteiger partial charge in [-0.3, -0.25) is 9.59 Å². The fraction of sp³-hybridized carbons (Fsp3) is 0.235. The SMILES string of the molecule is NC(=O)COc1cccc(C(=O)NCCNc2ncc(C(F)(F)F)cc2Cl)c1. The molecule has 7 nitrogen and oxygen atoms in total. The number of anilines is 1. The highest BCUT2D eigenvalue weighted by atomic mass is 35.5. The first kappa shape index (κ1) is 21.3. The van der Waals surface area contributed by atoms with Gasteiger partial charge in [0.05, 0.1) is 10.6 Å². The third-order valence-corrected chi connectivity index (χ3v) is 3.64. The molecule has 4 N–H and O–H groups in total. The lowest BCUT2D eigenvalue weighted by Crippen LogP contribution is -2.29. The normalized spacial score (nSPS) is 11.0. The van der Waals surface area contributed by atoms with Gasteiger partial charge in [0.15, 0.2) is 6.61 Å². The molecular weight excluding hydrogens is 401 g/mol. The predicted molar refractivity (Wildman–Crippen MR) is 96.2 cm³/mol. The Kier molecular flexibility index (Phi) is 7.05. The van der Waals surface area contributed by atoms with Crippen molar-refractivity contribution in [2.45, 2.75) is 6.18 Å². The molecule has 1 heterocycles. The number of nitrogens with zero attached hydrogens (tertiary/aromatic N) is 1. The molecule has 2 amide bonds. The second kappa shape index (κ2) is 9.27. The molecule has 0 spiro atoms. The number of rotatable bonds is 8. The maximum Gasteiger partial charge on any atom is 0.417 e. The zero-order valence-electron chi connectivity index (χ0n) is 14.3. The van der Waals surface area contributed by atoms with Crippen molar-refractivity contribution in [2.24, 2.45) is 5.73 Å². The molecule has 0 radical (unpaired) electrons. The molecule has 150 valence electrons. The van der Waals surface area contributed by atoms with Crippen molar-refractivity contribution in [3.05, 3.63) is 52.7 Å². The summed E-state index contributed by atoms with van der Waals surface area (Å²) >= 11 is 5.78. The number of nitrogens with one attached hydrogen (secondary N) is 2. The number of pyridine rings is 1. The van der Waals surface area contributed by atoms with Crippen LogP contribution in [0.25, 0.3) is 0 Å². The molecule has 0 saturated heterocycles. The first-order chi connectivity index (χ1) is 13.2. The monoisotopic (exact) mass is 416 g/mol. The van der Waals surface area contributed by atoms with Crippen LogP contribution < -0.4 is 21.1 Å². The molecule has 0 fully saturated rings. The number of alkyl halides is 3. The van der Waals surface area contributed by atoms with Gasteiger partial charge in [-0.05, 0) is 24.3 Å². The number of aromatic nitrogens is 1. The van der Waals surface area contributed by atoms with Crippen molar-refractivity contribution in [1.82, 2.24) is 10.3 Å². The van der Waals surface area contributed by atoms with E-state index in [9.17, 15) is 22.8 Å². The van der Waals surface area contributed by atoms with Crippen molar-refractivity contribution in [1.29, 1.82) is 0 Å². The number of nitrogens with two attached hydrogens (primary N) is 1. The van der Waals surface area contributed by atoms with Crippen LogP contribution in [-0.2, 0) is 11.0 Å². The molecule has 1 aromatic heterocycles.